The fourth-order valence-corrected chi connectivity index (χ4v) is 5.23. The van der Waals surface area contributed by atoms with E-state index < -0.39 is 5.41 Å². The molecule has 0 atom stereocenters. The van der Waals surface area contributed by atoms with E-state index in [1.807, 2.05) is 19.1 Å². The lowest BCUT2D eigenvalue weighted by atomic mass is 9.90. The minimum Gasteiger partial charge on any atom is -0.455 e. The molecule has 194 valence electrons. The molecule has 1 saturated carbocycles. The van der Waals surface area contributed by atoms with Crippen LogP contribution < -0.4 is 5.73 Å². The second-order valence-corrected chi connectivity index (χ2v) is 10.2. The topological polar surface area (TPSA) is 106 Å². The van der Waals surface area contributed by atoms with Gasteiger partial charge in [0.1, 0.15) is 23.0 Å². The molecule has 0 amide bonds. The molecule has 0 bridgehead atoms. The highest BCUT2D eigenvalue weighted by Gasteiger charge is 2.48. The lowest BCUT2D eigenvalue weighted by Crippen LogP contribution is -2.27. The fraction of sp³-hybridized carbons (Fsp3) is 0.233. The number of hydrogen-bond acceptors (Lipinski definition) is 5. The lowest BCUT2D eigenvalue weighted by molar-refractivity contribution is 0.0964. The van der Waals surface area contributed by atoms with Gasteiger partial charge in [0.05, 0.1) is 5.56 Å². The van der Waals surface area contributed by atoms with Gasteiger partial charge in [-0.05, 0) is 79.4 Å². The van der Waals surface area contributed by atoms with Crippen molar-refractivity contribution in [1.29, 1.82) is 0 Å². The van der Waals surface area contributed by atoms with Crippen molar-refractivity contribution in [2.24, 2.45) is 16.3 Å². The van der Waals surface area contributed by atoms with Crippen LogP contribution in [0.3, 0.4) is 0 Å². The van der Waals surface area contributed by atoms with E-state index in [9.17, 15) is 14.0 Å². The number of nitrogens with two attached hydrogens (primary N) is 1. The van der Waals surface area contributed by atoms with Gasteiger partial charge in [-0.15, -0.1) is 0 Å². The molecule has 0 unspecified atom stereocenters. The Balaban J connectivity index is 1.60. The molecule has 1 aliphatic carbocycles. The largest absolute Gasteiger partial charge is 0.455 e. The van der Waals surface area contributed by atoms with E-state index in [1.165, 1.54) is 12.1 Å². The first-order valence-corrected chi connectivity index (χ1v) is 12.7. The van der Waals surface area contributed by atoms with Crippen molar-refractivity contribution in [1.82, 2.24) is 0 Å². The number of aryl methyl sites for hydroxylation is 1. The van der Waals surface area contributed by atoms with Gasteiger partial charge in [-0.2, -0.15) is 0 Å². The maximum atomic E-state index is 13.5. The predicted octanol–water partition coefficient (Wildman–Crippen LogP) is 7.56. The Morgan fingerprint density at radius 2 is 1.76 bits per heavy atom. The summed E-state index contributed by atoms with van der Waals surface area (Å²) in [6.45, 7) is 3.59. The Morgan fingerprint density at radius 1 is 1.08 bits per heavy atom. The average molecular weight is 533 g/mol. The highest BCUT2D eigenvalue weighted by Crippen LogP contribution is 2.50. The van der Waals surface area contributed by atoms with Gasteiger partial charge in [-0.1, -0.05) is 29.7 Å². The summed E-state index contributed by atoms with van der Waals surface area (Å²) in [5, 5.41) is 13.3. The van der Waals surface area contributed by atoms with Gasteiger partial charge in [-0.3, -0.25) is 9.59 Å². The summed E-state index contributed by atoms with van der Waals surface area (Å²) in [5.74, 6) is -0.145. The van der Waals surface area contributed by atoms with E-state index in [4.69, 9.17) is 27.0 Å². The highest BCUT2D eigenvalue weighted by atomic mass is 35.5. The predicted molar refractivity (Wildman–Crippen MR) is 145 cm³/mol. The summed E-state index contributed by atoms with van der Waals surface area (Å²) in [4.78, 5) is 26.3. The quantitative estimate of drug-likeness (QED) is 0.0800. The summed E-state index contributed by atoms with van der Waals surface area (Å²) >= 11 is 6.65. The molecule has 0 spiro atoms. The second kappa shape index (κ2) is 9.72. The number of rotatable bonds is 8. The Labute approximate surface area is 223 Å². The van der Waals surface area contributed by atoms with Crippen molar-refractivity contribution in [2.45, 2.75) is 39.5 Å². The average Bonchev–Trinajstić information content (AvgIpc) is 3.59. The zero-order valence-electron chi connectivity index (χ0n) is 21.0. The number of Topliss-reactive ketones (excluding diaryl/α,β-unsaturated/α-hetero) is 2. The molecule has 38 heavy (non-hydrogen) atoms. The van der Waals surface area contributed by atoms with Crippen LogP contribution in [0.1, 0.15) is 58.9 Å². The van der Waals surface area contributed by atoms with Crippen LogP contribution in [-0.2, 0) is 0 Å². The summed E-state index contributed by atoms with van der Waals surface area (Å²) < 4.78 is 19.6. The van der Waals surface area contributed by atoms with Gasteiger partial charge < -0.3 is 15.4 Å². The molecule has 6 nitrogen and oxygen atoms in total. The third-order valence-corrected chi connectivity index (χ3v) is 7.64. The standard InChI is InChI=1S/C30H26ClFN2O4/c1-3-24(35)27-22-13-18(6-9-26(22)38-28(27)17-4-7-19(32)8-5-17)21-14-20(16(2)12-23(21)31)25(36)15-30(10-11-30)29(33)34-37/h4-9,12-14,37H,3,10-11,15H2,1-2H3,(H2,33,34). The molecule has 3 N–H and O–H groups in total. The van der Waals surface area contributed by atoms with E-state index in [1.54, 1.807) is 37.3 Å². The van der Waals surface area contributed by atoms with Crippen LogP contribution in [0, 0.1) is 18.2 Å². The number of furan rings is 1. The first-order valence-electron chi connectivity index (χ1n) is 12.3. The van der Waals surface area contributed by atoms with Gasteiger partial charge in [-0.25, -0.2) is 4.39 Å². The Bertz CT molecular complexity index is 1620. The van der Waals surface area contributed by atoms with Gasteiger partial charge in [0.2, 0.25) is 0 Å². The Kier molecular flexibility index (Phi) is 6.57. The van der Waals surface area contributed by atoms with Crippen molar-refractivity contribution in [3.05, 3.63) is 82.1 Å². The third-order valence-electron chi connectivity index (χ3n) is 7.32. The molecular weight excluding hydrogens is 507 g/mol. The Morgan fingerprint density at radius 3 is 2.39 bits per heavy atom. The summed E-state index contributed by atoms with van der Waals surface area (Å²) in [6.07, 6.45) is 1.78. The van der Waals surface area contributed by atoms with E-state index >= 15 is 0 Å². The monoisotopic (exact) mass is 532 g/mol. The summed E-state index contributed by atoms with van der Waals surface area (Å²) in [7, 11) is 0. The normalized spacial score (nSPS) is 14.6. The molecule has 1 aromatic heterocycles. The first-order chi connectivity index (χ1) is 18.2. The van der Waals surface area contributed by atoms with Gasteiger partial charge in [0.15, 0.2) is 11.6 Å². The fourth-order valence-electron chi connectivity index (χ4n) is 4.90. The van der Waals surface area contributed by atoms with Crippen LogP contribution in [0.5, 0.6) is 0 Å². The SMILES string of the molecule is CCC(=O)c1c(-c2ccc(F)cc2)oc2ccc(-c3cc(C(=O)CC4(C(N)=NO)CC4)c(C)cc3Cl)cc12. The Hall–Kier alpha value is -3.97. The number of hydrogen-bond donors (Lipinski definition) is 2. The molecule has 5 rings (SSSR count). The van der Waals surface area contributed by atoms with Crippen molar-refractivity contribution in [3.8, 4) is 22.5 Å². The molecule has 1 fully saturated rings. The van der Waals surface area contributed by atoms with Crippen molar-refractivity contribution in [2.75, 3.05) is 0 Å². The number of benzene rings is 3. The van der Waals surface area contributed by atoms with Crippen LogP contribution >= 0.6 is 11.6 Å². The molecule has 3 aromatic carbocycles. The number of carbonyl (C=O) groups is 2. The van der Waals surface area contributed by atoms with Crippen molar-refractivity contribution < 1.29 is 23.6 Å². The molecule has 1 heterocycles. The van der Waals surface area contributed by atoms with Crippen LogP contribution in [0.15, 0.2) is 64.2 Å². The second-order valence-electron chi connectivity index (χ2n) is 9.81. The molecule has 0 aliphatic heterocycles. The lowest BCUT2D eigenvalue weighted by Gasteiger charge is -2.15. The number of halogens is 2. The third kappa shape index (κ3) is 4.47. The number of oxime groups is 1. The zero-order chi connectivity index (χ0) is 27.2. The minimum absolute atomic E-state index is 0.0770. The molecule has 1 aliphatic rings. The van der Waals surface area contributed by atoms with Crippen LogP contribution in [0.25, 0.3) is 33.4 Å². The number of nitrogens with zero attached hydrogens (tertiary/aromatic N) is 1. The number of ketones is 2. The van der Waals surface area contributed by atoms with E-state index in [-0.39, 0.29) is 36.1 Å². The van der Waals surface area contributed by atoms with Crippen molar-refractivity contribution >= 4 is 40.0 Å². The molecule has 0 radical (unpaired) electrons. The number of amidine groups is 1. The van der Waals surface area contributed by atoms with E-state index in [2.05, 4.69) is 5.16 Å². The molecular formula is C30H26ClFN2O4. The first kappa shape index (κ1) is 25.7. The van der Waals surface area contributed by atoms with Gasteiger partial charge in [0, 0.05) is 45.4 Å². The summed E-state index contributed by atoms with van der Waals surface area (Å²) in [6, 6.07) is 14.7. The maximum Gasteiger partial charge on any atom is 0.167 e. The summed E-state index contributed by atoms with van der Waals surface area (Å²) in [5.41, 5.74) is 9.36. The molecule has 8 heteroatoms. The minimum atomic E-state index is -0.597. The smallest absolute Gasteiger partial charge is 0.167 e. The maximum absolute atomic E-state index is 13.5. The molecule has 0 saturated heterocycles. The van der Waals surface area contributed by atoms with E-state index in [0.717, 1.165) is 5.56 Å². The highest BCUT2D eigenvalue weighted by molar-refractivity contribution is 6.33. The van der Waals surface area contributed by atoms with Crippen LogP contribution in [0.4, 0.5) is 4.39 Å². The van der Waals surface area contributed by atoms with Gasteiger partial charge in [0.25, 0.3) is 0 Å². The van der Waals surface area contributed by atoms with Crippen molar-refractivity contribution in [3.63, 3.8) is 0 Å². The van der Waals surface area contributed by atoms with Gasteiger partial charge >= 0.3 is 0 Å². The zero-order valence-corrected chi connectivity index (χ0v) is 21.7. The number of fused-ring (bicyclic) bond motifs is 1. The van der Waals surface area contributed by atoms with E-state index in [0.29, 0.717) is 62.4 Å². The van der Waals surface area contributed by atoms with Crippen LogP contribution in [-0.4, -0.2) is 22.6 Å². The van der Waals surface area contributed by atoms with Crippen LogP contribution in [0.2, 0.25) is 5.02 Å². The molecule has 4 aromatic rings. The number of carbonyl (C=O) groups excluding carboxylic acids is 2.